The van der Waals surface area contributed by atoms with Crippen molar-refractivity contribution >= 4 is 17.6 Å². The quantitative estimate of drug-likeness (QED) is 0.535. The second kappa shape index (κ2) is 8.67. The second-order valence-corrected chi connectivity index (χ2v) is 5.04. The number of carbonyl (C=O) groups is 3. The van der Waals surface area contributed by atoms with Crippen molar-refractivity contribution in [3.8, 4) is 0 Å². The molecule has 19 heavy (non-hydrogen) atoms. The van der Waals surface area contributed by atoms with Gasteiger partial charge in [0.25, 0.3) is 5.91 Å². The van der Waals surface area contributed by atoms with Crippen molar-refractivity contribution in [2.45, 2.75) is 53.5 Å². The smallest absolute Gasteiger partial charge is 0.290 e. The molecular weight excluding hydrogens is 244 g/mol. The Morgan fingerprint density at radius 3 is 1.84 bits per heavy atom. The molecule has 110 valence electrons. The molecule has 0 aromatic carbocycles. The van der Waals surface area contributed by atoms with Gasteiger partial charge >= 0.3 is 0 Å². The minimum atomic E-state index is -0.925. The van der Waals surface area contributed by atoms with Crippen LogP contribution >= 0.6 is 0 Å². The van der Waals surface area contributed by atoms with Gasteiger partial charge in [0.15, 0.2) is 0 Å². The molecule has 0 spiro atoms. The molecular formula is C14H26N2O3. The Morgan fingerprint density at radius 1 is 1.00 bits per heavy atom. The summed E-state index contributed by atoms with van der Waals surface area (Å²) in [5.74, 6) is -2.48. The number of rotatable bonds is 8. The molecule has 0 rings (SSSR count). The van der Waals surface area contributed by atoms with Gasteiger partial charge in [-0.05, 0) is 33.6 Å². The Morgan fingerprint density at radius 2 is 1.47 bits per heavy atom. The molecule has 0 bridgehead atoms. The monoisotopic (exact) mass is 270 g/mol. The van der Waals surface area contributed by atoms with Crippen molar-refractivity contribution < 1.29 is 14.4 Å². The van der Waals surface area contributed by atoms with Crippen LogP contribution < -0.4 is 5.32 Å². The zero-order chi connectivity index (χ0) is 15.0. The highest BCUT2D eigenvalue weighted by Gasteiger charge is 2.30. The van der Waals surface area contributed by atoms with Gasteiger partial charge in [-0.15, -0.1) is 0 Å². The molecule has 5 nitrogen and oxygen atoms in total. The van der Waals surface area contributed by atoms with Crippen LogP contribution in [0.15, 0.2) is 0 Å². The summed E-state index contributed by atoms with van der Waals surface area (Å²) in [7, 11) is 0. The predicted octanol–water partition coefficient (Wildman–Crippen LogP) is 1.36. The van der Waals surface area contributed by atoms with E-state index in [0.29, 0.717) is 13.1 Å². The van der Waals surface area contributed by atoms with Gasteiger partial charge in [-0.2, -0.15) is 0 Å². The second-order valence-electron chi connectivity index (χ2n) is 5.04. The summed E-state index contributed by atoms with van der Waals surface area (Å²) in [6, 6.07) is -0.0414. The number of Topliss-reactive ketones (excluding diaryl/α,β-unsaturated/α-hetero) is 1. The average Bonchev–Trinajstić information content (AvgIpc) is 2.35. The topological polar surface area (TPSA) is 66.5 Å². The number of hydrogen-bond acceptors (Lipinski definition) is 3. The van der Waals surface area contributed by atoms with Gasteiger partial charge in [-0.3, -0.25) is 14.4 Å². The van der Waals surface area contributed by atoms with Crippen LogP contribution in [-0.2, 0) is 14.4 Å². The average molecular weight is 270 g/mol. The molecule has 1 N–H and O–H groups in total. The summed E-state index contributed by atoms with van der Waals surface area (Å²) in [5, 5.41) is 2.65. The van der Waals surface area contributed by atoms with Crippen molar-refractivity contribution in [2.24, 2.45) is 5.92 Å². The lowest BCUT2D eigenvalue weighted by molar-refractivity contribution is -0.149. The lowest BCUT2D eigenvalue weighted by Crippen LogP contribution is -2.45. The fourth-order valence-electron chi connectivity index (χ4n) is 1.72. The maximum absolute atomic E-state index is 12.1. The fraction of sp³-hybridized carbons (Fsp3) is 0.786. The van der Waals surface area contributed by atoms with Crippen LogP contribution in [0, 0.1) is 5.92 Å². The highest BCUT2D eigenvalue weighted by Crippen LogP contribution is 2.04. The summed E-state index contributed by atoms with van der Waals surface area (Å²) in [4.78, 5) is 37.3. The molecule has 0 heterocycles. The van der Waals surface area contributed by atoms with Gasteiger partial charge in [-0.1, -0.05) is 13.8 Å². The number of carbonyl (C=O) groups excluding carboxylic acids is 3. The Bertz CT molecular complexity index is 321. The molecule has 1 unspecified atom stereocenters. The van der Waals surface area contributed by atoms with Crippen molar-refractivity contribution in [3.63, 3.8) is 0 Å². The van der Waals surface area contributed by atoms with Gasteiger partial charge in [-0.25, -0.2) is 0 Å². The van der Waals surface area contributed by atoms with Crippen molar-refractivity contribution in [1.29, 1.82) is 0 Å². The summed E-state index contributed by atoms with van der Waals surface area (Å²) in [5.41, 5.74) is 0. The highest BCUT2D eigenvalue weighted by molar-refractivity contribution is 6.40. The minimum Gasteiger partial charge on any atom is -0.353 e. The maximum Gasteiger partial charge on any atom is 0.290 e. The van der Waals surface area contributed by atoms with Crippen LogP contribution in [0.3, 0.4) is 0 Å². The number of amides is 2. The summed E-state index contributed by atoms with van der Waals surface area (Å²) in [6.07, 6.45) is 1.59. The van der Waals surface area contributed by atoms with Crippen LogP contribution in [-0.4, -0.2) is 41.6 Å². The van der Waals surface area contributed by atoms with Crippen molar-refractivity contribution in [2.75, 3.05) is 13.1 Å². The SMILES string of the molecule is CCCN(CCC)C(=O)C(=O)C(C)C(=O)NC(C)C. The van der Waals surface area contributed by atoms with Crippen LogP contribution in [0.2, 0.25) is 0 Å². The van der Waals surface area contributed by atoms with E-state index in [1.807, 2.05) is 27.7 Å². The van der Waals surface area contributed by atoms with E-state index in [1.54, 1.807) is 0 Å². The van der Waals surface area contributed by atoms with E-state index in [9.17, 15) is 14.4 Å². The molecule has 2 amide bonds. The fourth-order valence-corrected chi connectivity index (χ4v) is 1.72. The molecule has 0 saturated carbocycles. The molecule has 1 atom stereocenters. The van der Waals surface area contributed by atoms with Gasteiger partial charge < -0.3 is 10.2 Å². The summed E-state index contributed by atoms with van der Waals surface area (Å²) < 4.78 is 0. The van der Waals surface area contributed by atoms with Crippen LogP contribution in [0.1, 0.15) is 47.5 Å². The summed E-state index contributed by atoms with van der Waals surface area (Å²) >= 11 is 0. The van der Waals surface area contributed by atoms with Gasteiger partial charge in [0.2, 0.25) is 11.7 Å². The zero-order valence-corrected chi connectivity index (χ0v) is 12.7. The van der Waals surface area contributed by atoms with Gasteiger partial charge in [0.1, 0.15) is 5.92 Å². The van der Waals surface area contributed by atoms with Gasteiger partial charge in [0.05, 0.1) is 0 Å². The van der Waals surface area contributed by atoms with E-state index < -0.39 is 17.6 Å². The normalized spacial score (nSPS) is 12.1. The van der Waals surface area contributed by atoms with Crippen LogP contribution in [0.5, 0.6) is 0 Å². The standard InChI is InChI=1S/C14H26N2O3/c1-6-8-16(9-7-2)14(19)12(17)11(5)13(18)15-10(3)4/h10-11H,6-9H2,1-5H3,(H,15,18). The minimum absolute atomic E-state index is 0.0414. The Kier molecular flexibility index (Phi) is 8.03. The number of hydrogen-bond donors (Lipinski definition) is 1. The molecule has 0 fully saturated rings. The van der Waals surface area contributed by atoms with E-state index in [2.05, 4.69) is 5.32 Å². The lowest BCUT2D eigenvalue weighted by Gasteiger charge is -2.22. The van der Waals surface area contributed by atoms with Gasteiger partial charge in [0, 0.05) is 19.1 Å². The molecule has 0 aromatic rings. The third kappa shape index (κ3) is 5.85. The van der Waals surface area contributed by atoms with E-state index in [1.165, 1.54) is 11.8 Å². The highest BCUT2D eigenvalue weighted by atomic mass is 16.2. The third-order valence-electron chi connectivity index (χ3n) is 2.70. The van der Waals surface area contributed by atoms with Crippen LogP contribution in [0.25, 0.3) is 0 Å². The Labute approximate surface area is 115 Å². The number of ketones is 1. The molecule has 0 aliphatic heterocycles. The molecule has 0 aliphatic rings. The van der Waals surface area contributed by atoms with Crippen LogP contribution in [0.4, 0.5) is 0 Å². The number of nitrogens with one attached hydrogen (secondary N) is 1. The molecule has 0 aromatic heterocycles. The largest absolute Gasteiger partial charge is 0.353 e. The van der Waals surface area contributed by atoms with E-state index in [-0.39, 0.29) is 11.9 Å². The predicted molar refractivity (Wildman–Crippen MR) is 74.6 cm³/mol. The summed E-state index contributed by atoms with van der Waals surface area (Å²) in [6.45, 7) is 10.1. The third-order valence-corrected chi connectivity index (χ3v) is 2.70. The number of nitrogens with zero attached hydrogens (tertiary/aromatic N) is 1. The van der Waals surface area contributed by atoms with E-state index in [4.69, 9.17) is 0 Å². The van der Waals surface area contributed by atoms with E-state index in [0.717, 1.165) is 12.8 Å². The zero-order valence-electron chi connectivity index (χ0n) is 12.7. The lowest BCUT2D eigenvalue weighted by atomic mass is 10.0. The first kappa shape index (κ1) is 17.6. The van der Waals surface area contributed by atoms with Crippen molar-refractivity contribution in [3.05, 3.63) is 0 Å². The van der Waals surface area contributed by atoms with E-state index >= 15 is 0 Å². The molecule has 0 saturated heterocycles. The maximum atomic E-state index is 12.1. The molecule has 0 radical (unpaired) electrons. The molecule has 0 aliphatic carbocycles. The molecule has 5 heteroatoms. The van der Waals surface area contributed by atoms with Crippen molar-refractivity contribution in [1.82, 2.24) is 10.2 Å². The first-order chi connectivity index (χ1) is 8.84. The first-order valence-corrected chi connectivity index (χ1v) is 6.98. The Balaban J connectivity index is 4.68. The first-order valence-electron chi connectivity index (χ1n) is 6.98. The Hall–Kier alpha value is -1.39.